The summed E-state index contributed by atoms with van der Waals surface area (Å²) in [5.41, 5.74) is 2.53. The summed E-state index contributed by atoms with van der Waals surface area (Å²) in [5, 5.41) is 0. The predicted molar refractivity (Wildman–Crippen MR) is 73.7 cm³/mol. The van der Waals surface area contributed by atoms with Crippen LogP contribution in [0.3, 0.4) is 0 Å². The van der Waals surface area contributed by atoms with Crippen molar-refractivity contribution in [3.8, 4) is 0 Å². The lowest BCUT2D eigenvalue weighted by atomic mass is 10.0. The van der Waals surface area contributed by atoms with Crippen molar-refractivity contribution in [3.05, 3.63) is 53.0 Å². The molecule has 0 spiro atoms. The maximum absolute atomic E-state index is 11.5. The third-order valence-corrected chi connectivity index (χ3v) is 2.80. The molecule has 17 heavy (non-hydrogen) atoms. The summed E-state index contributed by atoms with van der Waals surface area (Å²) >= 11 is 3.31. The fraction of sp³-hybridized carbons (Fsp3) is 0.214. The summed E-state index contributed by atoms with van der Waals surface area (Å²) < 4.78 is 4.90. The Labute approximate surface area is 110 Å². The first kappa shape index (κ1) is 13.7. The van der Waals surface area contributed by atoms with Crippen LogP contribution in [0.4, 0.5) is 0 Å². The molecule has 0 aromatic heterocycles. The number of hydrogen-bond acceptors (Lipinski definition) is 2. The van der Waals surface area contributed by atoms with Crippen LogP contribution < -0.4 is 0 Å². The molecule has 0 bridgehead atoms. The van der Waals surface area contributed by atoms with Crippen molar-refractivity contribution in [2.45, 2.75) is 13.3 Å². The minimum atomic E-state index is -0.338. The summed E-state index contributed by atoms with van der Waals surface area (Å²) in [6.45, 7) is 5.90. The van der Waals surface area contributed by atoms with Gasteiger partial charge in [-0.25, -0.2) is 4.79 Å². The second-order valence-electron chi connectivity index (χ2n) is 3.50. The van der Waals surface area contributed by atoms with Crippen LogP contribution >= 0.6 is 15.9 Å². The van der Waals surface area contributed by atoms with E-state index >= 15 is 0 Å². The van der Waals surface area contributed by atoms with Crippen LogP contribution in [-0.4, -0.2) is 12.6 Å². The van der Waals surface area contributed by atoms with Crippen LogP contribution in [0.15, 0.2) is 47.5 Å². The Morgan fingerprint density at radius 2 is 2.06 bits per heavy atom. The van der Waals surface area contributed by atoms with E-state index in [2.05, 4.69) is 22.5 Å². The minimum absolute atomic E-state index is 0.338. The molecule has 0 aliphatic heterocycles. The molecule has 2 nitrogen and oxygen atoms in total. The summed E-state index contributed by atoms with van der Waals surface area (Å²) in [4.78, 5) is 13.3. The third-order valence-electron chi connectivity index (χ3n) is 2.24. The quantitative estimate of drug-likeness (QED) is 0.607. The van der Waals surface area contributed by atoms with E-state index in [1.165, 1.54) is 0 Å². The van der Waals surface area contributed by atoms with Gasteiger partial charge >= 0.3 is 5.97 Å². The van der Waals surface area contributed by atoms with Crippen LogP contribution in [0.25, 0.3) is 5.57 Å². The normalized spacial score (nSPS) is 11.1. The average Bonchev–Trinajstić information content (AvgIpc) is 2.37. The molecule has 0 radical (unpaired) electrons. The van der Waals surface area contributed by atoms with Crippen LogP contribution in [-0.2, 0) is 9.53 Å². The van der Waals surface area contributed by atoms with Gasteiger partial charge < -0.3 is 4.74 Å². The van der Waals surface area contributed by atoms with Gasteiger partial charge in [0, 0.05) is 12.0 Å². The molecule has 0 heterocycles. The van der Waals surface area contributed by atoms with E-state index in [9.17, 15) is 4.79 Å². The lowest BCUT2D eigenvalue weighted by molar-refractivity contribution is -0.138. The van der Waals surface area contributed by atoms with E-state index in [0.29, 0.717) is 18.6 Å². The van der Waals surface area contributed by atoms with Gasteiger partial charge in [0.25, 0.3) is 0 Å². The molecule has 1 rings (SSSR count). The molecule has 0 fully saturated rings. The molecule has 1 aromatic rings. The Bertz CT molecular complexity index is 421. The van der Waals surface area contributed by atoms with E-state index in [1.54, 1.807) is 6.92 Å². The maximum Gasteiger partial charge on any atom is 0.333 e. The zero-order chi connectivity index (χ0) is 12.7. The molecule has 1 aromatic carbocycles. The number of hydrogen-bond donors (Lipinski definition) is 0. The number of halogens is 1. The monoisotopic (exact) mass is 294 g/mol. The van der Waals surface area contributed by atoms with Gasteiger partial charge in [-0.2, -0.15) is 0 Å². The standard InChI is InChI=1S/C14H15BrO2/c1-3-17-14(16)11(2)9-13(10-15)12-7-5-4-6-8-12/h4-8,10H,2-3,9H2,1H3/b13-10-. The number of allylic oxidation sites excluding steroid dienone is 1. The Hall–Kier alpha value is -1.35. The number of carbonyl (C=O) groups is 1. The molecule has 0 aliphatic rings. The first-order valence-corrected chi connectivity index (χ1v) is 6.30. The van der Waals surface area contributed by atoms with Crippen LogP contribution in [0.2, 0.25) is 0 Å². The summed E-state index contributed by atoms with van der Waals surface area (Å²) in [6, 6.07) is 9.85. The lowest BCUT2D eigenvalue weighted by Gasteiger charge is -2.08. The highest BCUT2D eigenvalue weighted by Crippen LogP contribution is 2.23. The van der Waals surface area contributed by atoms with Crippen molar-refractivity contribution in [1.82, 2.24) is 0 Å². The number of carbonyl (C=O) groups excluding carboxylic acids is 1. The fourth-order valence-corrected chi connectivity index (χ4v) is 1.82. The van der Waals surface area contributed by atoms with Gasteiger partial charge in [-0.3, -0.25) is 0 Å². The van der Waals surface area contributed by atoms with Crippen molar-refractivity contribution < 1.29 is 9.53 Å². The zero-order valence-corrected chi connectivity index (χ0v) is 11.4. The highest BCUT2D eigenvalue weighted by molar-refractivity contribution is 9.11. The Morgan fingerprint density at radius 1 is 1.41 bits per heavy atom. The molecule has 0 aliphatic carbocycles. The second-order valence-corrected chi connectivity index (χ2v) is 3.96. The Balaban J connectivity index is 2.73. The van der Waals surface area contributed by atoms with E-state index in [4.69, 9.17) is 4.74 Å². The van der Waals surface area contributed by atoms with Gasteiger partial charge in [0.05, 0.1) is 6.61 Å². The Morgan fingerprint density at radius 3 is 2.59 bits per heavy atom. The van der Waals surface area contributed by atoms with Crippen LogP contribution in [0.1, 0.15) is 18.9 Å². The summed E-state index contributed by atoms with van der Waals surface area (Å²) in [5.74, 6) is -0.338. The number of ether oxygens (including phenoxy) is 1. The van der Waals surface area contributed by atoms with Crippen molar-refractivity contribution in [2.75, 3.05) is 6.61 Å². The SMILES string of the molecule is C=C(C/C(=C/Br)c1ccccc1)C(=O)OCC. The molecule has 0 unspecified atom stereocenters. The molecule has 0 saturated carbocycles. The topological polar surface area (TPSA) is 26.3 Å². The third kappa shape index (κ3) is 4.19. The summed E-state index contributed by atoms with van der Waals surface area (Å²) in [6.07, 6.45) is 0.480. The largest absolute Gasteiger partial charge is 0.463 e. The Kier molecular flexibility index (Phi) is 5.70. The molecule has 0 N–H and O–H groups in total. The van der Waals surface area contributed by atoms with Crippen molar-refractivity contribution in [3.63, 3.8) is 0 Å². The highest BCUT2D eigenvalue weighted by Gasteiger charge is 2.11. The maximum atomic E-state index is 11.5. The molecular formula is C14H15BrO2. The number of rotatable bonds is 5. The van der Waals surface area contributed by atoms with Crippen LogP contribution in [0, 0.1) is 0 Å². The van der Waals surface area contributed by atoms with Gasteiger partial charge in [-0.1, -0.05) is 52.8 Å². The van der Waals surface area contributed by atoms with Crippen molar-refractivity contribution in [2.24, 2.45) is 0 Å². The molecule has 3 heteroatoms. The van der Waals surface area contributed by atoms with Crippen molar-refractivity contribution in [1.29, 1.82) is 0 Å². The van der Waals surface area contributed by atoms with E-state index in [1.807, 2.05) is 35.3 Å². The number of benzene rings is 1. The van der Waals surface area contributed by atoms with E-state index in [-0.39, 0.29) is 5.97 Å². The highest BCUT2D eigenvalue weighted by atomic mass is 79.9. The minimum Gasteiger partial charge on any atom is -0.463 e. The average molecular weight is 295 g/mol. The van der Waals surface area contributed by atoms with E-state index < -0.39 is 0 Å². The molecule has 0 atom stereocenters. The molecule has 90 valence electrons. The second kappa shape index (κ2) is 7.07. The first-order valence-electron chi connectivity index (χ1n) is 5.38. The number of esters is 1. The van der Waals surface area contributed by atoms with Gasteiger partial charge in [0.1, 0.15) is 0 Å². The van der Waals surface area contributed by atoms with Crippen molar-refractivity contribution >= 4 is 27.5 Å². The molecular weight excluding hydrogens is 280 g/mol. The van der Waals surface area contributed by atoms with Gasteiger partial charge in [0.2, 0.25) is 0 Å². The molecule has 0 amide bonds. The van der Waals surface area contributed by atoms with Gasteiger partial charge in [0.15, 0.2) is 0 Å². The van der Waals surface area contributed by atoms with Gasteiger partial charge in [-0.15, -0.1) is 0 Å². The lowest BCUT2D eigenvalue weighted by Crippen LogP contribution is -2.07. The smallest absolute Gasteiger partial charge is 0.333 e. The summed E-state index contributed by atoms with van der Waals surface area (Å²) in [7, 11) is 0. The molecule has 0 saturated heterocycles. The fourth-order valence-electron chi connectivity index (χ4n) is 1.39. The van der Waals surface area contributed by atoms with Crippen LogP contribution in [0.5, 0.6) is 0 Å². The van der Waals surface area contributed by atoms with Gasteiger partial charge in [-0.05, 0) is 23.0 Å². The predicted octanol–water partition coefficient (Wildman–Crippen LogP) is 3.93. The first-order chi connectivity index (χ1) is 8.19. The zero-order valence-electron chi connectivity index (χ0n) is 9.78. The van der Waals surface area contributed by atoms with E-state index in [0.717, 1.165) is 11.1 Å².